The fourth-order valence-electron chi connectivity index (χ4n) is 6.70. The first-order valence-corrected chi connectivity index (χ1v) is 21.0. The van der Waals surface area contributed by atoms with Gasteiger partial charge in [-0.3, -0.25) is 38.4 Å². The Morgan fingerprint density at radius 1 is 0.619 bits per heavy atom. The Bertz CT molecular complexity index is 1590. The van der Waals surface area contributed by atoms with Gasteiger partial charge in [-0.05, 0) is 37.5 Å². The number of ketones is 1. The molecule has 23 nitrogen and oxygen atoms in total. The van der Waals surface area contributed by atoms with Crippen molar-refractivity contribution in [2.24, 2.45) is 29.4 Å². The molecule has 23 heteroatoms. The summed E-state index contributed by atoms with van der Waals surface area (Å²) in [7, 11) is 0. The van der Waals surface area contributed by atoms with Crippen molar-refractivity contribution in [2.75, 3.05) is 19.8 Å². The maximum absolute atomic E-state index is 14.1. The number of nitrogens with one attached hydrogen (secondary N) is 7. The summed E-state index contributed by atoms with van der Waals surface area (Å²) < 4.78 is 5.87. The van der Waals surface area contributed by atoms with E-state index in [0.717, 1.165) is 0 Å². The predicted octanol–water partition coefficient (Wildman–Crippen LogP) is -4.33. The van der Waals surface area contributed by atoms with E-state index in [1.54, 1.807) is 34.6 Å². The van der Waals surface area contributed by atoms with Crippen LogP contribution < -0.4 is 43.0 Å². The van der Waals surface area contributed by atoms with E-state index in [9.17, 15) is 68.7 Å². The van der Waals surface area contributed by atoms with Crippen LogP contribution in [0, 0.1) is 23.7 Å². The molecule has 0 spiro atoms. The number of hydrogen-bond donors (Lipinski definition) is 13. The summed E-state index contributed by atoms with van der Waals surface area (Å²) >= 11 is 0. The molecule has 0 saturated carbocycles. The number of nitrogens with two attached hydrogens (primary N) is 1. The Balaban J connectivity index is 3.55. The third-order valence-electron chi connectivity index (χ3n) is 10.2. The van der Waals surface area contributed by atoms with E-state index < -0.39 is 164 Å². The minimum atomic E-state index is -1.86. The molecule has 12 unspecified atom stereocenters. The van der Waals surface area contributed by atoms with Crippen LogP contribution in [0.15, 0.2) is 0 Å². The molecule has 0 aromatic carbocycles. The Hall–Kier alpha value is -4.81. The predicted molar refractivity (Wildman–Crippen MR) is 224 cm³/mol. The molecule has 0 aromatic rings. The van der Waals surface area contributed by atoms with Gasteiger partial charge in [0.25, 0.3) is 0 Å². The first kappa shape index (κ1) is 56.2. The number of ether oxygens (including phenoxy) is 1. The van der Waals surface area contributed by atoms with Gasteiger partial charge < -0.3 is 73.2 Å². The molecule has 7 amide bonds. The van der Waals surface area contributed by atoms with E-state index >= 15 is 0 Å². The summed E-state index contributed by atoms with van der Waals surface area (Å²) in [6.45, 7) is 11.8. The topological polar surface area (TPSA) is 374 Å². The fraction of sp³-hybridized carbons (Fsp3) is 0.775. The Morgan fingerprint density at radius 3 is 1.51 bits per heavy atom. The molecule has 360 valence electrons. The second-order valence-electron chi connectivity index (χ2n) is 17.2. The minimum Gasteiger partial charge on any atom is -0.480 e. The van der Waals surface area contributed by atoms with Crippen LogP contribution in [0.5, 0.6) is 0 Å². The van der Waals surface area contributed by atoms with E-state index in [1.807, 2.05) is 19.2 Å². The lowest BCUT2D eigenvalue weighted by molar-refractivity contribution is -0.170. The Kier molecular flexibility index (Phi) is 23.8. The highest BCUT2D eigenvalue weighted by molar-refractivity contribution is 5.98. The van der Waals surface area contributed by atoms with Gasteiger partial charge in [-0.1, -0.05) is 48.5 Å². The zero-order chi connectivity index (χ0) is 48.5. The normalized spacial score (nSPS) is 22.0. The lowest BCUT2D eigenvalue weighted by Gasteiger charge is -2.43. The molecule has 1 fully saturated rings. The van der Waals surface area contributed by atoms with Gasteiger partial charge in [0.2, 0.25) is 41.4 Å². The molecule has 12 atom stereocenters. The lowest BCUT2D eigenvalue weighted by atomic mass is 9.84. The second kappa shape index (κ2) is 26.7. The molecule has 1 aliphatic heterocycles. The molecule has 1 rings (SSSR count). The van der Waals surface area contributed by atoms with Crippen molar-refractivity contribution in [1.29, 1.82) is 0 Å². The monoisotopic (exact) mass is 902 g/mol. The maximum Gasteiger partial charge on any atom is 0.328 e. The van der Waals surface area contributed by atoms with Crippen LogP contribution in [0.25, 0.3) is 0 Å². The standard InChI is InChI=1S/C40H70N8O15/c1-17(2)10-24(43-34(55)21(8)41)35(56)44-25(11-18(3)4)37(58)48-31(19(5)6)39(60)45-26(36(57)46-27(14-49)38(59)47-28(15-50)40(61)62)12-23(53)13-29-32(42-22(9)52)33(54)20(7)30(16-51)63-29/h17-21,24-33,49-51,54H,10-16,41H2,1-9H3,(H,42,52)(H,43,55)(H,44,56)(H,45,60)(H,46,57)(H,47,59)(H,48,58)(H,61,62). The number of aliphatic carboxylic acids is 1. The molecule has 0 radical (unpaired) electrons. The van der Waals surface area contributed by atoms with Crippen LogP contribution in [0.3, 0.4) is 0 Å². The van der Waals surface area contributed by atoms with E-state index in [2.05, 4.69) is 31.9 Å². The fourth-order valence-corrected chi connectivity index (χ4v) is 6.70. The Labute approximate surface area is 367 Å². The number of carboxylic acid groups (broad SMARTS) is 1. The van der Waals surface area contributed by atoms with E-state index in [1.165, 1.54) is 13.8 Å². The maximum atomic E-state index is 14.1. The second-order valence-corrected chi connectivity index (χ2v) is 17.2. The molecule has 14 N–H and O–H groups in total. The van der Waals surface area contributed by atoms with E-state index in [-0.39, 0.29) is 24.7 Å². The number of Topliss-reactive ketones (excluding diaryl/α,β-unsaturated/α-hetero) is 1. The highest BCUT2D eigenvalue weighted by Crippen LogP contribution is 2.28. The summed E-state index contributed by atoms with van der Waals surface area (Å²) in [4.78, 5) is 118. The molecule has 0 aromatic heterocycles. The number of rotatable bonds is 26. The van der Waals surface area contributed by atoms with Gasteiger partial charge in [0.15, 0.2) is 0 Å². The van der Waals surface area contributed by atoms with Gasteiger partial charge in [0.1, 0.15) is 42.0 Å². The van der Waals surface area contributed by atoms with Crippen molar-refractivity contribution in [3.63, 3.8) is 0 Å². The molecule has 1 saturated heterocycles. The van der Waals surface area contributed by atoms with Crippen molar-refractivity contribution in [2.45, 2.75) is 155 Å². The number of hydrogen-bond acceptors (Lipinski definition) is 15. The number of carbonyl (C=O) groups excluding carboxylic acids is 8. The third kappa shape index (κ3) is 18.4. The zero-order valence-corrected chi connectivity index (χ0v) is 37.5. The largest absolute Gasteiger partial charge is 0.480 e. The summed E-state index contributed by atoms with van der Waals surface area (Å²) in [5, 5.41) is 66.3. The lowest BCUT2D eigenvalue weighted by Crippen LogP contribution is -2.62. The molecule has 0 bridgehead atoms. The van der Waals surface area contributed by atoms with Crippen molar-refractivity contribution >= 4 is 53.1 Å². The molecule has 0 aliphatic carbocycles. The summed E-state index contributed by atoms with van der Waals surface area (Å²) in [6.07, 6.45) is -4.55. The summed E-state index contributed by atoms with van der Waals surface area (Å²) in [5.74, 6) is -10.1. The van der Waals surface area contributed by atoms with Gasteiger partial charge in [0.05, 0.1) is 50.2 Å². The third-order valence-corrected chi connectivity index (χ3v) is 10.2. The van der Waals surface area contributed by atoms with Gasteiger partial charge in [0, 0.05) is 25.7 Å². The zero-order valence-electron chi connectivity index (χ0n) is 37.5. The van der Waals surface area contributed by atoms with Crippen molar-refractivity contribution in [3.8, 4) is 0 Å². The molecular formula is C40H70N8O15. The molecule has 1 heterocycles. The average Bonchev–Trinajstić information content (AvgIpc) is 3.18. The van der Waals surface area contributed by atoms with Crippen molar-refractivity contribution in [1.82, 2.24) is 37.2 Å². The minimum absolute atomic E-state index is 0.0524. The molecule has 1 aliphatic rings. The highest BCUT2D eigenvalue weighted by Gasteiger charge is 2.44. The van der Waals surface area contributed by atoms with E-state index in [4.69, 9.17) is 10.5 Å². The Morgan fingerprint density at radius 2 is 1.06 bits per heavy atom. The van der Waals surface area contributed by atoms with Crippen LogP contribution in [-0.2, 0) is 47.9 Å². The van der Waals surface area contributed by atoms with Crippen LogP contribution >= 0.6 is 0 Å². The average molecular weight is 903 g/mol. The number of aliphatic hydroxyl groups excluding tert-OH is 4. The quantitative estimate of drug-likeness (QED) is 0.0390. The van der Waals surface area contributed by atoms with Gasteiger partial charge in [-0.2, -0.15) is 0 Å². The van der Waals surface area contributed by atoms with Crippen LogP contribution in [0.1, 0.15) is 88.0 Å². The number of carbonyl (C=O) groups is 9. The number of carboxylic acids is 1. The van der Waals surface area contributed by atoms with Crippen LogP contribution in [0.4, 0.5) is 0 Å². The summed E-state index contributed by atoms with van der Waals surface area (Å²) in [6, 6.07) is -11.3. The van der Waals surface area contributed by atoms with E-state index in [0.29, 0.717) is 0 Å². The first-order valence-electron chi connectivity index (χ1n) is 21.0. The van der Waals surface area contributed by atoms with Gasteiger partial charge in [-0.15, -0.1) is 0 Å². The van der Waals surface area contributed by atoms with Crippen molar-refractivity contribution in [3.05, 3.63) is 0 Å². The smallest absolute Gasteiger partial charge is 0.328 e. The SMILES string of the molecule is CC(=O)NC1C(CC(=O)CC(NC(=O)C(NC(=O)C(CC(C)C)NC(=O)C(CC(C)C)NC(=O)C(C)N)C(C)C)C(=O)NC(CO)C(=O)NC(CO)C(=O)O)OC(CO)C(C)C1O. The van der Waals surface area contributed by atoms with Crippen LogP contribution in [0.2, 0.25) is 0 Å². The highest BCUT2D eigenvalue weighted by atomic mass is 16.5. The summed E-state index contributed by atoms with van der Waals surface area (Å²) in [5.41, 5.74) is 5.70. The number of aliphatic hydroxyl groups is 4. The number of amides is 7. The van der Waals surface area contributed by atoms with Gasteiger partial charge in [-0.25, -0.2) is 4.79 Å². The van der Waals surface area contributed by atoms with Gasteiger partial charge >= 0.3 is 5.97 Å². The van der Waals surface area contributed by atoms with Crippen LogP contribution in [-0.4, -0.2) is 165 Å². The molecule has 63 heavy (non-hydrogen) atoms. The first-order chi connectivity index (χ1) is 29.3. The van der Waals surface area contributed by atoms with Crippen molar-refractivity contribution < 1.29 is 73.4 Å². The molecular weight excluding hydrogens is 832 g/mol.